The normalized spacial score (nSPS) is 17.8. The summed E-state index contributed by atoms with van der Waals surface area (Å²) >= 11 is 0. The van der Waals surface area contributed by atoms with Gasteiger partial charge in [-0.3, -0.25) is 14.4 Å². The van der Waals surface area contributed by atoms with Crippen LogP contribution in [0.1, 0.15) is 51.0 Å². The highest BCUT2D eigenvalue weighted by atomic mass is 16.5. The molecule has 1 aromatic rings. The molecule has 1 heterocycles. The van der Waals surface area contributed by atoms with Crippen molar-refractivity contribution in [1.29, 1.82) is 0 Å². The van der Waals surface area contributed by atoms with E-state index < -0.39 is 5.92 Å². The largest absolute Gasteiger partial charge is 0.463 e. The molecule has 0 aliphatic carbocycles. The number of benzene rings is 1. The van der Waals surface area contributed by atoms with Gasteiger partial charge in [-0.05, 0) is 51.0 Å². The van der Waals surface area contributed by atoms with E-state index in [2.05, 4.69) is 18.5 Å². The molecule has 1 saturated heterocycles. The van der Waals surface area contributed by atoms with Crippen LogP contribution in [0.15, 0.2) is 55.6 Å². The fourth-order valence-corrected chi connectivity index (χ4v) is 4.43. The fraction of sp³-hybridized carbons (Fsp3) is 0.536. The molecule has 1 aliphatic heterocycles. The Kier molecular flexibility index (Phi) is 12.2. The number of likely N-dealkylation sites (tertiary alicyclic amines) is 1. The lowest BCUT2D eigenvalue weighted by atomic mass is 9.95. The van der Waals surface area contributed by atoms with Gasteiger partial charge in [0, 0.05) is 19.0 Å². The summed E-state index contributed by atoms with van der Waals surface area (Å²) in [5, 5.41) is 11.9. The second-order valence-electron chi connectivity index (χ2n) is 9.29. The minimum atomic E-state index is -0.534. The fourth-order valence-electron chi connectivity index (χ4n) is 4.43. The first-order valence-electron chi connectivity index (χ1n) is 12.5. The minimum Gasteiger partial charge on any atom is -0.463 e. The lowest BCUT2D eigenvalue weighted by Crippen LogP contribution is -2.44. The van der Waals surface area contributed by atoms with Crippen LogP contribution in [-0.2, 0) is 25.5 Å². The second kappa shape index (κ2) is 15.1. The zero-order chi connectivity index (χ0) is 25.6. The minimum absolute atomic E-state index is 0.0267. The van der Waals surface area contributed by atoms with Crippen molar-refractivity contribution in [2.75, 3.05) is 19.8 Å². The molecule has 35 heavy (non-hydrogen) atoms. The number of allylic oxidation sites excluding steroid dienone is 2. The van der Waals surface area contributed by atoms with Crippen molar-refractivity contribution < 1.29 is 24.2 Å². The highest BCUT2D eigenvalue weighted by Gasteiger charge is 2.35. The van der Waals surface area contributed by atoms with Crippen molar-refractivity contribution in [3.8, 4) is 0 Å². The first-order valence-corrected chi connectivity index (χ1v) is 12.5. The van der Waals surface area contributed by atoms with E-state index in [0.29, 0.717) is 25.8 Å². The van der Waals surface area contributed by atoms with Crippen molar-refractivity contribution in [2.45, 2.75) is 64.0 Å². The van der Waals surface area contributed by atoms with Gasteiger partial charge in [0.2, 0.25) is 11.8 Å². The van der Waals surface area contributed by atoms with Crippen LogP contribution < -0.4 is 5.32 Å². The number of nitrogens with one attached hydrogen (secondary N) is 1. The van der Waals surface area contributed by atoms with Gasteiger partial charge in [0.25, 0.3) is 0 Å². The van der Waals surface area contributed by atoms with E-state index in [1.54, 1.807) is 24.0 Å². The maximum Gasteiger partial charge on any atom is 0.309 e. The molecule has 2 amide bonds. The molecule has 2 rings (SSSR count). The molecule has 0 unspecified atom stereocenters. The van der Waals surface area contributed by atoms with E-state index in [4.69, 9.17) is 9.84 Å². The van der Waals surface area contributed by atoms with Gasteiger partial charge in [-0.25, -0.2) is 0 Å². The maximum absolute atomic E-state index is 13.3. The lowest BCUT2D eigenvalue weighted by molar-refractivity contribution is -0.152. The Labute approximate surface area is 209 Å². The highest BCUT2D eigenvalue weighted by Crippen LogP contribution is 2.24. The Hall–Kier alpha value is -2.93. The predicted molar refractivity (Wildman–Crippen MR) is 136 cm³/mol. The van der Waals surface area contributed by atoms with Gasteiger partial charge in [0.1, 0.15) is 6.61 Å². The SMILES string of the molecule is C=CCC[C@H](Cc1ccccc1)C(=O)OC[C@@H]1CCCN1C(=O)[C@@H](CC=C)CC(=O)N[C@@H](C)CO. The number of aliphatic hydroxyl groups is 1. The third-order valence-electron chi connectivity index (χ3n) is 6.37. The van der Waals surface area contributed by atoms with Gasteiger partial charge < -0.3 is 20.1 Å². The van der Waals surface area contributed by atoms with Gasteiger partial charge in [0.15, 0.2) is 0 Å². The highest BCUT2D eigenvalue weighted by molar-refractivity contribution is 5.86. The van der Waals surface area contributed by atoms with Crippen LogP contribution in [0.2, 0.25) is 0 Å². The molecule has 1 aliphatic rings. The smallest absolute Gasteiger partial charge is 0.309 e. The molecule has 1 aromatic carbocycles. The van der Waals surface area contributed by atoms with Gasteiger partial charge >= 0.3 is 5.97 Å². The number of hydrogen-bond acceptors (Lipinski definition) is 5. The van der Waals surface area contributed by atoms with Crippen LogP contribution in [0.4, 0.5) is 0 Å². The summed E-state index contributed by atoms with van der Waals surface area (Å²) < 4.78 is 5.73. The maximum atomic E-state index is 13.3. The first kappa shape index (κ1) is 28.3. The number of nitrogens with zero attached hydrogens (tertiary/aromatic N) is 1. The van der Waals surface area contributed by atoms with Crippen LogP contribution in [0.25, 0.3) is 0 Å². The quantitative estimate of drug-likeness (QED) is 0.294. The zero-order valence-electron chi connectivity index (χ0n) is 20.9. The van der Waals surface area contributed by atoms with E-state index in [-0.39, 0.29) is 55.4 Å². The molecule has 192 valence electrons. The molecule has 4 atom stereocenters. The molecule has 0 aromatic heterocycles. The van der Waals surface area contributed by atoms with Gasteiger partial charge in [-0.15, -0.1) is 13.2 Å². The van der Waals surface area contributed by atoms with Crippen LogP contribution in [-0.4, -0.2) is 59.6 Å². The zero-order valence-corrected chi connectivity index (χ0v) is 20.9. The summed E-state index contributed by atoms with van der Waals surface area (Å²) in [5.74, 6) is -1.46. The summed E-state index contributed by atoms with van der Waals surface area (Å²) in [6.07, 6.45) is 7.42. The molecule has 0 bridgehead atoms. The predicted octanol–water partition coefficient (Wildman–Crippen LogP) is 3.43. The van der Waals surface area contributed by atoms with E-state index in [1.165, 1.54) is 0 Å². The molecular weight excluding hydrogens is 444 g/mol. The van der Waals surface area contributed by atoms with Crippen molar-refractivity contribution in [1.82, 2.24) is 10.2 Å². The van der Waals surface area contributed by atoms with E-state index in [1.807, 2.05) is 30.3 Å². The molecule has 0 saturated carbocycles. The lowest BCUT2D eigenvalue weighted by Gasteiger charge is -2.29. The number of rotatable bonds is 15. The Morgan fingerprint density at radius 3 is 2.60 bits per heavy atom. The standard InChI is InChI=1S/C28H40N2O5/c1-4-6-14-24(17-22-12-8-7-9-13-22)28(34)35-20-25-15-10-16-30(25)27(33)23(11-5-2)18-26(32)29-21(3)19-31/h4-5,7-9,12-13,21,23-25,31H,1-2,6,10-11,14-20H2,3H3,(H,29,32)/t21-,23-,24+,25-/m0/s1. The van der Waals surface area contributed by atoms with Crippen LogP contribution >= 0.6 is 0 Å². The van der Waals surface area contributed by atoms with Crippen molar-refractivity contribution in [2.24, 2.45) is 11.8 Å². The molecule has 7 nitrogen and oxygen atoms in total. The average molecular weight is 485 g/mol. The topological polar surface area (TPSA) is 95.9 Å². The number of esters is 1. The third kappa shape index (κ3) is 9.32. The molecule has 0 spiro atoms. The summed E-state index contributed by atoms with van der Waals surface area (Å²) in [6.45, 7) is 9.76. The van der Waals surface area contributed by atoms with Crippen LogP contribution in [0.5, 0.6) is 0 Å². The Morgan fingerprint density at radius 2 is 1.94 bits per heavy atom. The van der Waals surface area contributed by atoms with Crippen LogP contribution in [0, 0.1) is 11.8 Å². The Bertz CT molecular complexity index is 841. The van der Waals surface area contributed by atoms with Gasteiger partial charge in [-0.1, -0.05) is 42.5 Å². The second-order valence-corrected chi connectivity index (χ2v) is 9.29. The average Bonchev–Trinajstić information content (AvgIpc) is 3.33. The summed E-state index contributed by atoms with van der Waals surface area (Å²) in [5.41, 5.74) is 1.08. The van der Waals surface area contributed by atoms with E-state index >= 15 is 0 Å². The monoisotopic (exact) mass is 484 g/mol. The number of amides is 2. The molecule has 1 fully saturated rings. The van der Waals surface area contributed by atoms with Crippen LogP contribution in [0.3, 0.4) is 0 Å². The number of carbonyl (C=O) groups excluding carboxylic acids is 3. The first-order chi connectivity index (χ1) is 16.9. The Morgan fingerprint density at radius 1 is 1.20 bits per heavy atom. The molecule has 2 N–H and O–H groups in total. The van der Waals surface area contributed by atoms with E-state index in [9.17, 15) is 14.4 Å². The van der Waals surface area contributed by atoms with Crippen molar-refractivity contribution in [3.05, 3.63) is 61.2 Å². The van der Waals surface area contributed by atoms with Crippen molar-refractivity contribution >= 4 is 17.8 Å². The third-order valence-corrected chi connectivity index (χ3v) is 6.37. The summed E-state index contributed by atoms with van der Waals surface area (Å²) in [4.78, 5) is 40.3. The summed E-state index contributed by atoms with van der Waals surface area (Å²) in [7, 11) is 0. The van der Waals surface area contributed by atoms with Crippen molar-refractivity contribution in [3.63, 3.8) is 0 Å². The molecule has 0 radical (unpaired) electrons. The number of aliphatic hydroxyl groups excluding tert-OH is 1. The number of carbonyl (C=O) groups is 3. The number of hydrogen-bond donors (Lipinski definition) is 2. The molecule has 7 heteroatoms. The molecular formula is C28H40N2O5. The number of ether oxygens (including phenoxy) is 1. The summed E-state index contributed by atoms with van der Waals surface area (Å²) in [6, 6.07) is 9.30. The van der Waals surface area contributed by atoms with Gasteiger partial charge in [0.05, 0.1) is 24.5 Å². The van der Waals surface area contributed by atoms with Gasteiger partial charge in [-0.2, -0.15) is 0 Å². The Balaban J connectivity index is 1.98. The van der Waals surface area contributed by atoms with E-state index in [0.717, 1.165) is 24.8 Å².